The molecule has 5 nitrogen and oxygen atoms in total. The largest absolute Gasteiger partial charge is 0.524 e. The minimum absolute atomic E-state index is 0.260. The van der Waals surface area contributed by atoms with Gasteiger partial charge >= 0.3 is 18.1 Å². The molecule has 0 aromatic rings. The van der Waals surface area contributed by atoms with Gasteiger partial charge in [0.25, 0.3) is 0 Å². The Hall–Kier alpha value is -0.690. The molecule has 0 aromatic heterocycles. The molecule has 0 aliphatic carbocycles. The summed E-state index contributed by atoms with van der Waals surface area (Å²) in [7, 11) is 0. The molecule has 0 spiro atoms. The predicted octanol–water partition coefficient (Wildman–Crippen LogP) is 0.0524. The van der Waals surface area contributed by atoms with Gasteiger partial charge in [0.1, 0.15) is 0 Å². The van der Waals surface area contributed by atoms with E-state index in [1.165, 1.54) is 0 Å². The molecular weight excluding hydrogens is 204 g/mol. The molecule has 0 saturated heterocycles. The molecule has 0 fully saturated rings. The molecule has 0 heterocycles. The van der Waals surface area contributed by atoms with Gasteiger partial charge in [-0.05, 0) is 0 Å². The van der Waals surface area contributed by atoms with Gasteiger partial charge in [0.05, 0.1) is 11.5 Å². The summed E-state index contributed by atoms with van der Waals surface area (Å²) in [5.41, 5.74) is 0. The Kier molecular flexibility index (Phi) is 5.56. The van der Waals surface area contributed by atoms with E-state index in [0.717, 1.165) is 0 Å². The Balaban J connectivity index is 3.74. The molecule has 0 saturated carbocycles. The molecule has 0 rings (SSSR count). The molecule has 0 radical (unpaired) electrons. The normalized spacial score (nSPS) is 8.83. The van der Waals surface area contributed by atoms with Crippen molar-refractivity contribution in [2.24, 2.45) is 0 Å². The Morgan fingerprint density at radius 1 is 0.917 bits per heavy atom. The lowest BCUT2D eigenvalue weighted by Crippen LogP contribution is -2.18. The molecule has 7 heteroatoms. The summed E-state index contributed by atoms with van der Waals surface area (Å²) in [6, 6.07) is 0. The van der Waals surface area contributed by atoms with E-state index < -0.39 is 18.1 Å². The average Bonchev–Trinajstić information content (AvgIpc) is 2.03. The fraction of sp³-hybridized carbons (Fsp3) is 0.400. The van der Waals surface area contributed by atoms with Crippen LogP contribution < -0.4 is 0 Å². The van der Waals surface area contributed by atoms with Crippen molar-refractivity contribution >= 4 is 43.4 Å². The Bertz CT molecular complexity index is 182. The van der Waals surface area contributed by atoms with Crippen LogP contribution in [0.2, 0.25) is 0 Å². The highest BCUT2D eigenvalue weighted by Gasteiger charge is 2.13. The van der Waals surface area contributed by atoms with Crippen molar-refractivity contribution in [1.82, 2.24) is 0 Å². The standard InChI is InChI=1S/C5H6O5S2/c6-3(1-11)9-5(8)10-4(7)2-12/h11-12H,1-2H2. The van der Waals surface area contributed by atoms with Crippen LogP contribution in [0.25, 0.3) is 0 Å². The first-order valence-corrected chi connectivity index (χ1v) is 4.03. The molecule has 12 heavy (non-hydrogen) atoms. The van der Waals surface area contributed by atoms with Crippen LogP contribution in [-0.4, -0.2) is 29.6 Å². The summed E-state index contributed by atoms with van der Waals surface area (Å²) in [4.78, 5) is 31.2. The molecule has 0 aliphatic rings. The summed E-state index contributed by atoms with van der Waals surface area (Å²) in [6.07, 6.45) is -1.35. The van der Waals surface area contributed by atoms with Crippen molar-refractivity contribution in [1.29, 1.82) is 0 Å². The first-order chi connectivity index (χ1) is 5.60. The van der Waals surface area contributed by atoms with Gasteiger partial charge in [0.15, 0.2) is 0 Å². The van der Waals surface area contributed by atoms with Crippen LogP contribution in [0.5, 0.6) is 0 Å². The molecular formula is C5H6O5S2. The van der Waals surface area contributed by atoms with Crippen LogP contribution in [0.4, 0.5) is 4.79 Å². The Morgan fingerprint density at radius 3 is 1.50 bits per heavy atom. The zero-order chi connectivity index (χ0) is 9.56. The van der Waals surface area contributed by atoms with Crippen LogP contribution in [0.1, 0.15) is 0 Å². The molecule has 0 amide bonds. The number of rotatable bonds is 2. The van der Waals surface area contributed by atoms with Gasteiger partial charge in [-0.25, -0.2) is 4.79 Å². The molecule has 0 bridgehead atoms. The summed E-state index contributed by atoms with van der Waals surface area (Å²) < 4.78 is 7.88. The van der Waals surface area contributed by atoms with Crippen LogP contribution >= 0.6 is 25.3 Å². The maximum absolute atomic E-state index is 10.4. The highest BCUT2D eigenvalue weighted by Crippen LogP contribution is 1.90. The molecule has 0 atom stereocenters. The van der Waals surface area contributed by atoms with Gasteiger partial charge in [-0.1, -0.05) is 0 Å². The van der Waals surface area contributed by atoms with E-state index in [9.17, 15) is 14.4 Å². The molecule has 0 aromatic carbocycles. The second-order valence-corrected chi connectivity index (χ2v) is 2.15. The lowest BCUT2D eigenvalue weighted by molar-refractivity contribution is -0.142. The molecule has 0 N–H and O–H groups in total. The van der Waals surface area contributed by atoms with Crippen LogP contribution in [0.3, 0.4) is 0 Å². The van der Waals surface area contributed by atoms with E-state index in [4.69, 9.17) is 0 Å². The maximum atomic E-state index is 10.4. The van der Waals surface area contributed by atoms with Crippen LogP contribution in [0.15, 0.2) is 0 Å². The Labute approximate surface area is 79.2 Å². The lowest BCUT2D eigenvalue weighted by atomic mass is 10.8. The summed E-state index contributed by atoms with van der Waals surface area (Å²) in [5.74, 6) is -2.28. The van der Waals surface area contributed by atoms with Gasteiger partial charge in [0, 0.05) is 0 Å². The number of carbonyl (C=O) groups excluding carboxylic acids is 3. The number of ether oxygens (including phenoxy) is 2. The summed E-state index contributed by atoms with van der Waals surface area (Å²) in [6.45, 7) is 0. The number of hydrogen-bond acceptors (Lipinski definition) is 7. The third-order valence-corrected chi connectivity index (χ3v) is 1.17. The SMILES string of the molecule is O=C(CS)OC(=O)OC(=O)CS. The molecule has 0 aliphatic heterocycles. The van der Waals surface area contributed by atoms with E-state index >= 15 is 0 Å². The highest BCUT2D eigenvalue weighted by molar-refractivity contribution is 7.81. The van der Waals surface area contributed by atoms with Crippen LogP contribution in [-0.2, 0) is 19.1 Å². The Morgan fingerprint density at radius 2 is 1.25 bits per heavy atom. The van der Waals surface area contributed by atoms with E-state index in [1.54, 1.807) is 0 Å². The monoisotopic (exact) mass is 210 g/mol. The van der Waals surface area contributed by atoms with Crippen molar-refractivity contribution in [3.63, 3.8) is 0 Å². The van der Waals surface area contributed by atoms with E-state index in [2.05, 4.69) is 34.7 Å². The van der Waals surface area contributed by atoms with Crippen molar-refractivity contribution in [2.75, 3.05) is 11.5 Å². The van der Waals surface area contributed by atoms with E-state index in [0.29, 0.717) is 0 Å². The first-order valence-electron chi connectivity index (χ1n) is 2.77. The smallest absolute Gasteiger partial charge is 0.359 e. The fourth-order valence-corrected chi connectivity index (χ4v) is 0.400. The number of esters is 2. The lowest BCUT2D eigenvalue weighted by Gasteiger charge is -1.99. The second kappa shape index (κ2) is 5.90. The predicted molar refractivity (Wildman–Crippen MR) is 45.3 cm³/mol. The van der Waals surface area contributed by atoms with Crippen molar-refractivity contribution in [3.05, 3.63) is 0 Å². The first kappa shape index (κ1) is 11.3. The van der Waals surface area contributed by atoms with Gasteiger partial charge < -0.3 is 9.47 Å². The topological polar surface area (TPSA) is 69.7 Å². The number of thiol groups is 2. The third kappa shape index (κ3) is 5.03. The summed E-state index contributed by atoms with van der Waals surface area (Å²) in [5, 5.41) is 0. The average molecular weight is 210 g/mol. The fourth-order valence-electron chi connectivity index (χ4n) is 0.271. The van der Waals surface area contributed by atoms with Gasteiger partial charge in [0.2, 0.25) is 0 Å². The summed E-state index contributed by atoms with van der Waals surface area (Å²) >= 11 is 7.04. The third-order valence-electron chi connectivity index (χ3n) is 0.653. The van der Waals surface area contributed by atoms with Crippen LogP contribution in [0, 0.1) is 0 Å². The van der Waals surface area contributed by atoms with E-state index in [-0.39, 0.29) is 11.5 Å². The molecule has 0 unspecified atom stereocenters. The zero-order valence-corrected chi connectivity index (χ0v) is 7.64. The van der Waals surface area contributed by atoms with Crippen molar-refractivity contribution in [2.45, 2.75) is 0 Å². The van der Waals surface area contributed by atoms with Gasteiger partial charge in [-0.2, -0.15) is 25.3 Å². The maximum Gasteiger partial charge on any atom is 0.524 e. The minimum Gasteiger partial charge on any atom is -0.359 e. The minimum atomic E-state index is -1.35. The van der Waals surface area contributed by atoms with Crippen molar-refractivity contribution in [3.8, 4) is 0 Å². The van der Waals surface area contributed by atoms with Gasteiger partial charge in [-0.15, -0.1) is 0 Å². The molecule has 68 valence electrons. The van der Waals surface area contributed by atoms with E-state index in [1.807, 2.05) is 0 Å². The van der Waals surface area contributed by atoms with Gasteiger partial charge in [-0.3, -0.25) is 9.59 Å². The quantitative estimate of drug-likeness (QED) is 0.383. The second-order valence-electron chi connectivity index (χ2n) is 1.51. The number of hydrogen-bond donors (Lipinski definition) is 2. The highest BCUT2D eigenvalue weighted by atomic mass is 32.1. The van der Waals surface area contributed by atoms with Crippen molar-refractivity contribution < 1.29 is 23.9 Å². The number of carbonyl (C=O) groups is 3. The zero-order valence-electron chi connectivity index (χ0n) is 5.85.